The molecule has 0 spiro atoms. The summed E-state index contributed by atoms with van der Waals surface area (Å²) < 4.78 is 0. The average molecular weight is 535 g/mol. The normalized spacial score (nSPS) is 22.9. The van der Waals surface area contributed by atoms with Crippen LogP contribution in [-0.2, 0) is 19.2 Å². The van der Waals surface area contributed by atoms with Gasteiger partial charge in [-0.1, -0.05) is 47.1 Å². The second-order valence-corrected chi connectivity index (χ2v) is 12.7. The Kier molecular flexibility index (Phi) is 11.0. The molecule has 2 heterocycles. The third kappa shape index (κ3) is 7.58. The lowest BCUT2D eigenvalue weighted by Gasteiger charge is -2.41. The molecule has 0 aromatic heterocycles. The molecule has 0 aliphatic carbocycles. The van der Waals surface area contributed by atoms with Gasteiger partial charge >= 0.3 is 5.97 Å². The van der Waals surface area contributed by atoms with Gasteiger partial charge in [-0.15, -0.1) is 0 Å². The number of carboxylic acid groups (broad SMARTS) is 1. The van der Waals surface area contributed by atoms with Gasteiger partial charge in [-0.3, -0.25) is 19.3 Å². The van der Waals surface area contributed by atoms with Crippen molar-refractivity contribution >= 4 is 23.7 Å². The van der Waals surface area contributed by atoms with Gasteiger partial charge in [-0.05, 0) is 64.3 Å². The molecule has 9 heteroatoms. The number of piperidine rings is 1. The summed E-state index contributed by atoms with van der Waals surface area (Å²) >= 11 is 0. The van der Waals surface area contributed by atoms with Gasteiger partial charge in [0, 0.05) is 25.2 Å². The summed E-state index contributed by atoms with van der Waals surface area (Å²) in [7, 11) is 1.71. The zero-order valence-electron chi connectivity index (χ0n) is 24.9. The van der Waals surface area contributed by atoms with Crippen molar-refractivity contribution in [1.29, 1.82) is 0 Å². The summed E-state index contributed by atoms with van der Waals surface area (Å²) in [5.74, 6) is -1.64. The lowest BCUT2D eigenvalue weighted by atomic mass is 9.84. The van der Waals surface area contributed by atoms with Gasteiger partial charge in [0.1, 0.15) is 12.1 Å². The van der Waals surface area contributed by atoms with E-state index >= 15 is 0 Å². The number of likely N-dealkylation sites (N-methyl/N-ethyl adjacent to an activating group) is 1. The maximum atomic E-state index is 13.9. The fraction of sp³-hybridized carbons (Fsp3) is 0.793. The maximum absolute atomic E-state index is 13.9. The van der Waals surface area contributed by atoms with Gasteiger partial charge in [0.25, 0.3) is 0 Å². The summed E-state index contributed by atoms with van der Waals surface area (Å²) in [4.78, 5) is 57.4. The fourth-order valence-electron chi connectivity index (χ4n) is 5.66. The number of nitrogens with one attached hydrogen (secondary N) is 1. The third-order valence-corrected chi connectivity index (χ3v) is 7.94. The van der Waals surface area contributed by atoms with Gasteiger partial charge in [0.2, 0.25) is 17.7 Å². The summed E-state index contributed by atoms with van der Waals surface area (Å²) in [6.07, 6.45) is 5.70. The number of rotatable bonds is 9. The van der Waals surface area contributed by atoms with Crippen LogP contribution in [0, 0.1) is 11.3 Å². The second-order valence-electron chi connectivity index (χ2n) is 12.7. The van der Waals surface area contributed by atoms with Crippen molar-refractivity contribution in [2.45, 2.75) is 118 Å². The first-order chi connectivity index (χ1) is 17.6. The maximum Gasteiger partial charge on any atom is 0.326 e. The van der Waals surface area contributed by atoms with Crippen molar-refractivity contribution in [3.63, 3.8) is 0 Å². The molecule has 38 heavy (non-hydrogen) atoms. The monoisotopic (exact) mass is 534 g/mol. The third-order valence-electron chi connectivity index (χ3n) is 7.94. The smallest absolute Gasteiger partial charge is 0.326 e. The minimum atomic E-state index is -0.992. The molecule has 0 saturated carbocycles. The van der Waals surface area contributed by atoms with Crippen molar-refractivity contribution in [3.8, 4) is 0 Å². The van der Waals surface area contributed by atoms with Crippen molar-refractivity contribution in [3.05, 3.63) is 11.6 Å². The Morgan fingerprint density at radius 3 is 2.11 bits per heavy atom. The molecule has 0 unspecified atom stereocenters. The Hall–Kier alpha value is -2.42. The first-order valence-electron chi connectivity index (χ1n) is 14.1. The van der Waals surface area contributed by atoms with Crippen LogP contribution < -0.4 is 5.32 Å². The van der Waals surface area contributed by atoms with Gasteiger partial charge < -0.3 is 20.2 Å². The zero-order chi connectivity index (χ0) is 28.9. The molecule has 2 aliphatic rings. The first kappa shape index (κ1) is 31.8. The Bertz CT molecular complexity index is 907. The summed E-state index contributed by atoms with van der Waals surface area (Å²) in [5, 5.41) is 12.6. The van der Waals surface area contributed by atoms with E-state index in [-0.39, 0.29) is 35.7 Å². The molecule has 0 aromatic rings. The molecular weight excluding hydrogens is 484 g/mol. The van der Waals surface area contributed by atoms with E-state index in [2.05, 4.69) is 24.1 Å². The van der Waals surface area contributed by atoms with Crippen molar-refractivity contribution < 1.29 is 24.3 Å². The minimum absolute atomic E-state index is 0.00774. The van der Waals surface area contributed by atoms with E-state index in [1.54, 1.807) is 24.9 Å². The van der Waals surface area contributed by atoms with Crippen LogP contribution in [0.1, 0.15) is 87.5 Å². The van der Waals surface area contributed by atoms with Gasteiger partial charge in [0.15, 0.2) is 0 Å². The number of carbonyl (C=O) groups is 4. The molecule has 4 atom stereocenters. The number of hydrogen-bond donors (Lipinski definition) is 2. The van der Waals surface area contributed by atoms with Crippen LogP contribution in [0.5, 0.6) is 0 Å². The predicted octanol–water partition coefficient (Wildman–Crippen LogP) is 3.29. The van der Waals surface area contributed by atoms with E-state index in [9.17, 15) is 24.3 Å². The van der Waals surface area contributed by atoms with Crippen LogP contribution in [0.3, 0.4) is 0 Å². The Labute approximate surface area is 229 Å². The molecule has 2 aliphatic heterocycles. The van der Waals surface area contributed by atoms with Crippen LogP contribution in [0.15, 0.2) is 11.6 Å². The topological polar surface area (TPSA) is 110 Å². The SMILES string of the molecule is CC(=C[C@H](C(C)C)N(C)C(=O)[C@@H](NC(=O)[C@H]1CCCCN1C(C)C)C(C)(C)C)C(=O)N1CCC[C@H]1C(=O)O. The molecular formula is C29H50N4O5. The van der Waals surface area contributed by atoms with Crippen LogP contribution in [0.2, 0.25) is 0 Å². The highest BCUT2D eigenvalue weighted by molar-refractivity contribution is 5.96. The predicted molar refractivity (Wildman–Crippen MR) is 148 cm³/mol. The van der Waals surface area contributed by atoms with Crippen LogP contribution in [0.4, 0.5) is 0 Å². The summed E-state index contributed by atoms with van der Waals surface area (Å²) in [5.41, 5.74) is -0.110. The largest absolute Gasteiger partial charge is 0.480 e. The standard InChI is InChI=1S/C29H50N4O5/c1-18(2)23(17-20(5)26(35)33-16-12-14-22(33)28(37)38)31(9)27(36)24(29(6,7)8)30-25(34)21-13-10-11-15-32(21)19(3)4/h17-19,21-24H,10-16H2,1-9H3,(H,30,34)(H,37,38)/t21-,22+,23-,24-/m1/s1. The molecule has 0 aromatic carbocycles. The number of likely N-dealkylation sites (tertiary alicyclic amines) is 2. The first-order valence-corrected chi connectivity index (χ1v) is 14.1. The Morgan fingerprint density at radius 2 is 1.58 bits per heavy atom. The van der Waals surface area contributed by atoms with E-state index in [1.807, 2.05) is 34.6 Å². The lowest BCUT2D eigenvalue weighted by Crippen LogP contribution is -2.60. The quantitative estimate of drug-likeness (QED) is 0.439. The van der Waals surface area contributed by atoms with Gasteiger partial charge in [-0.2, -0.15) is 0 Å². The van der Waals surface area contributed by atoms with E-state index < -0.39 is 29.5 Å². The minimum Gasteiger partial charge on any atom is -0.480 e. The number of aliphatic carboxylic acids is 1. The number of carboxylic acids is 1. The van der Waals surface area contributed by atoms with Crippen molar-refractivity contribution in [1.82, 2.24) is 20.0 Å². The Balaban J connectivity index is 2.27. The second kappa shape index (κ2) is 13.1. The zero-order valence-corrected chi connectivity index (χ0v) is 24.9. The lowest BCUT2D eigenvalue weighted by molar-refractivity contribution is -0.146. The molecule has 9 nitrogen and oxygen atoms in total. The van der Waals surface area contributed by atoms with E-state index in [0.29, 0.717) is 25.0 Å². The number of nitrogens with zero attached hydrogens (tertiary/aromatic N) is 3. The van der Waals surface area contributed by atoms with Crippen molar-refractivity contribution in [2.75, 3.05) is 20.1 Å². The average Bonchev–Trinajstić information content (AvgIpc) is 3.33. The molecule has 2 rings (SSSR count). The highest BCUT2D eigenvalue weighted by Crippen LogP contribution is 2.26. The van der Waals surface area contributed by atoms with Gasteiger partial charge in [-0.25, -0.2) is 4.79 Å². The Morgan fingerprint density at radius 1 is 0.974 bits per heavy atom. The molecule has 0 radical (unpaired) electrons. The fourth-order valence-corrected chi connectivity index (χ4v) is 5.66. The van der Waals surface area contributed by atoms with Crippen LogP contribution in [-0.4, -0.2) is 93.8 Å². The summed E-state index contributed by atoms with van der Waals surface area (Å²) in [6.45, 7) is 16.9. The molecule has 216 valence electrons. The van der Waals surface area contributed by atoms with Gasteiger partial charge in [0.05, 0.1) is 12.1 Å². The highest BCUT2D eigenvalue weighted by Gasteiger charge is 2.40. The van der Waals surface area contributed by atoms with E-state index in [4.69, 9.17) is 0 Å². The molecule has 2 N–H and O–H groups in total. The van der Waals surface area contributed by atoms with Crippen LogP contribution in [0.25, 0.3) is 0 Å². The van der Waals surface area contributed by atoms with Crippen molar-refractivity contribution in [2.24, 2.45) is 11.3 Å². The molecule has 0 bridgehead atoms. The highest BCUT2D eigenvalue weighted by atomic mass is 16.4. The number of amides is 3. The molecule has 3 amide bonds. The number of carbonyl (C=O) groups excluding carboxylic acids is 3. The molecule has 2 fully saturated rings. The molecule has 2 saturated heterocycles. The van der Waals surface area contributed by atoms with E-state index in [1.165, 1.54) is 4.90 Å². The van der Waals surface area contributed by atoms with E-state index in [0.717, 1.165) is 25.8 Å². The van der Waals surface area contributed by atoms with Crippen LogP contribution >= 0.6 is 0 Å². The summed E-state index contributed by atoms with van der Waals surface area (Å²) in [6, 6.07) is -1.97. The number of hydrogen-bond acceptors (Lipinski definition) is 5.